The van der Waals surface area contributed by atoms with Gasteiger partial charge in [-0.2, -0.15) is 20.1 Å². The van der Waals surface area contributed by atoms with Crippen molar-refractivity contribution >= 4 is 11.9 Å². The molecule has 3 rings (SSSR count). The van der Waals surface area contributed by atoms with Crippen LogP contribution in [-0.4, -0.2) is 34.7 Å². The highest BCUT2D eigenvalue weighted by atomic mass is 15.4. The predicted molar refractivity (Wildman–Crippen MR) is 70.7 cm³/mol. The molecule has 0 amide bonds. The summed E-state index contributed by atoms with van der Waals surface area (Å²) >= 11 is 0. The molecule has 3 heterocycles. The Kier molecular flexibility index (Phi) is 3.15. The van der Waals surface area contributed by atoms with Gasteiger partial charge in [-0.3, -0.25) is 0 Å². The van der Waals surface area contributed by atoms with Gasteiger partial charge < -0.3 is 11.1 Å². The Morgan fingerprint density at radius 3 is 2.90 bits per heavy atom. The van der Waals surface area contributed by atoms with Gasteiger partial charge in [-0.05, 0) is 12.1 Å². The van der Waals surface area contributed by atoms with Crippen LogP contribution in [0.4, 0.5) is 11.9 Å². The maximum Gasteiger partial charge on any atom is 0.257 e. The summed E-state index contributed by atoms with van der Waals surface area (Å²) < 4.78 is 1.51. The Morgan fingerprint density at radius 2 is 2.15 bits per heavy atom. The van der Waals surface area contributed by atoms with Crippen molar-refractivity contribution in [3.05, 3.63) is 42.7 Å². The van der Waals surface area contributed by atoms with Gasteiger partial charge >= 0.3 is 0 Å². The average Bonchev–Trinajstić information content (AvgIpc) is 3.00. The Bertz CT molecular complexity index is 680. The molecule has 0 spiro atoms. The maximum atomic E-state index is 5.67. The van der Waals surface area contributed by atoms with E-state index in [0.29, 0.717) is 18.4 Å². The van der Waals surface area contributed by atoms with Crippen molar-refractivity contribution < 1.29 is 0 Å². The van der Waals surface area contributed by atoms with Crippen LogP contribution in [0.25, 0.3) is 5.95 Å². The van der Waals surface area contributed by atoms with Crippen LogP contribution in [0.15, 0.2) is 37.1 Å². The van der Waals surface area contributed by atoms with Crippen molar-refractivity contribution in [3.8, 4) is 5.95 Å². The Labute approximate surface area is 114 Å². The fourth-order valence-electron chi connectivity index (χ4n) is 1.54. The lowest BCUT2D eigenvalue weighted by molar-refractivity contribution is 0.797. The molecule has 9 nitrogen and oxygen atoms in total. The van der Waals surface area contributed by atoms with Crippen molar-refractivity contribution in [2.75, 3.05) is 11.1 Å². The lowest BCUT2D eigenvalue weighted by Gasteiger charge is -2.06. The summed E-state index contributed by atoms with van der Waals surface area (Å²) in [6.07, 6.45) is 6.51. The van der Waals surface area contributed by atoms with E-state index in [1.54, 1.807) is 30.7 Å². The fourth-order valence-corrected chi connectivity index (χ4v) is 1.54. The van der Waals surface area contributed by atoms with Crippen LogP contribution in [0.3, 0.4) is 0 Å². The van der Waals surface area contributed by atoms with Crippen LogP contribution >= 0.6 is 0 Å². The van der Waals surface area contributed by atoms with E-state index in [1.807, 2.05) is 0 Å². The summed E-state index contributed by atoms with van der Waals surface area (Å²) in [5, 5.41) is 7.08. The van der Waals surface area contributed by atoms with Crippen LogP contribution in [0, 0.1) is 0 Å². The van der Waals surface area contributed by atoms with Gasteiger partial charge in [0.15, 0.2) is 0 Å². The van der Waals surface area contributed by atoms with Gasteiger partial charge in [0.1, 0.15) is 6.33 Å². The largest absolute Gasteiger partial charge is 0.368 e. The summed E-state index contributed by atoms with van der Waals surface area (Å²) in [7, 11) is 0. The third-order valence-electron chi connectivity index (χ3n) is 2.42. The van der Waals surface area contributed by atoms with Gasteiger partial charge in [0.25, 0.3) is 5.95 Å². The van der Waals surface area contributed by atoms with E-state index in [-0.39, 0.29) is 5.95 Å². The normalized spacial score (nSPS) is 10.4. The van der Waals surface area contributed by atoms with Crippen LogP contribution in [0.2, 0.25) is 0 Å². The number of nitrogens with one attached hydrogen (secondary N) is 1. The number of nitrogens with two attached hydrogens (primary N) is 1. The number of nitrogens with zero attached hydrogens (tertiary/aromatic N) is 7. The second-order valence-corrected chi connectivity index (χ2v) is 3.82. The highest BCUT2D eigenvalue weighted by Crippen LogP contribution is 2.07. The molecular weight excluding hydrogens is 258 g/mol. The molecule has 0 aliphatic rings. The van der Waals surface area contributed by atoms with Crippen molar-refractivity contribution in [2.24, 2.45) is 0 Å². The molecule has 0 aliphatic heterocycles. The Hall–Kier alpha value is -3.10. The minimum atomic E-state index is 0.121. The first-order valence-electron chi connectivity index (χ1n) is 5.81. The van der Waals surface area contributed by atoms with Crippen molar-refractivity contribution in [1.82, 2.24) is 34.7 Å². The summed E-state index contributed by atoms with van der Waals surface area (Å²) in [5.41, 5.74) is 6.48. The molecule has 0 radical (unpaired) electrons. The van der Waals surface area contributed by atoms with Gasteiger partial charge in [0, 0.05) is 18.6 Å². The van der Waals surface area contributed by atoms with Crippen LogP contribution < -0.4 is 11.1 Å². The van der Waals surface area contributed by atoms with Gasteiger partial charge in [0.2, 0.25) is 11.9 Å². The van der Waals surface area contributed by atoms with Gasteiger partial charge in [0.05, 0.1) is 12.2 Å². The van der Waals surface area contributed by atoms with E-state index < -0.39 is 0 Å². The number of aromatic nitrogens is 7. The van der Waals surface area contributed by atoms with E-state index in [1.165, 1.54) is 11.0 Å². The second kappa shape index (κ2) is 5.26. The van der Waals surface area contributed by atoms with E-state index >= 15 is 0 Å². The molecule has 0 unspecified atom stereocenters. The van der Waals surface area contributed by atoms with Gasteiger partial charge in [-0.25, -0.2) is 14.6 Å². The molecule has 20 heavy (non-hydrogen) atoms. The minimum Gasteiger partial charge on any atom is -0.368 e. The highest BCUT2D eigenvalue weighted by molar-refractivity contribution is 5.35. The van der Waals surface area contributed by atoms with E-state index in [0.717, 1.165) is 5.69 Å². The number of hydrogen-bond donors (Lipinski definition) is 2. The molecule has 0 saturated heterocycles. The lowest BCUT2D eigenvalue weighted by atomic mass is 10.4. The lowest BCUT2D eigenvalue weighted by Crippen LogP contribution is -2.11. The molecule has 3 aromatic rings. The zero-order valence-electron chi connectivity index (χ0n) is 10.4. The average molecular weight is 269 g/mol. The molecule has 0 bridgehead atoms. The molecule has 9 heteroatoms. The number of rotatable bonds is 4. The van der Waals surface area contributed by atoms with Crippen molar-refractivity contribution in [1.29, 1.82) is 0 Å². The van der Waals surface area contributed by atoms with Crippen molar-refractivity contribution in [2.45, 2.75) is 6.54 Å². The molecule has 3 aromatic heterocycles. The second-order valence-electron chi connectivity index (χ2n) is 3.82. The molecule has 0 aromatic carbocycles. The van der Waals surface area contributed by atoms with Crippen LogP contribution in [0.1, 0.15) is 5.69 Å². The molecule has 0 saturated carbocycles. The quantitative estimate of drug-likeness (QED) is 0.681. The Morgan fingerprint density at radius 1 is 1.20 bits per heavy atom. The standard InChI is InChI=1S/C11H11N9/c12-9-17-10(14-6-8-2-4-13-7-15-8)19-11(18-9)20-5-1-3-16-20/h1-5,7H,6H2,(H3,12,14,17,18,19). The molecular formula is C11H11N9. The van der Waals surface area contributed by atoms with E-state index in [2.05, 4.69) is 35.3 Å². The molecule has 0 aliphatic carbocycles. The summed E-state index contributed by atoms with van der Waals surface area (Å²) in [6.45, 7) is 0.463. The van der Waals surface area contributed by atoms with Crippen LogP contribution in [-0.2, 0) is 6.54 Å². The fraction of sp³-hybridized carbons (Fsp3) is 0.0909. The van der Waals surface area contributed by atoms with Crippen molar-refractivity contribution in [3.63, 3.8) is 0 Å². The topological polar surface area (TPSA) is 120 Å². The number of nitrogen functional groups attached to an aromatic ring is 1. The SMILES string of the molecule is Nc1nc(NCc2ccncn2)nc(-n2cccn2)n1. The monoisotopic (exact) mass is 269 g/mol. The zero-order chi connectivity index (χ0) is 13.8. The maximum absolute atomic E-state index is 5.67. The Balaban J connectivity index is 1.80. The van der Waals surface area contributed by atoms with Gasteiger partial charge in [-0.15, -0.1) is 0 Å². The number of anilines is 2. The smallest absolute Gasteiger partial charge is 0.257 e. The highest BCUT2D eigenvalue weighted by Gasteiger charge is 2.06. The predicted octanol–water partition coefficient (Wildman–Crippen LogP) is 0.0416. The number of hydrogen-bond acceptors (Lipinski definition) is 8. The molecule has 100 valence electrons. The first-order valence-corrected chi connectivity index (χ1v) is 5.81. The van der Waals surface area contributed by atoms with E-state index in [4.69, 9.17) is 5.73 Å². The van der Waals surface area contributed by atoms with Gasteiger partial charge in [-0.1, -0.05) is 0 Å². The van der Waals surface area contributed by atoms with E-state index in [9.17, 15) is 0 Å². The zero-order valence-corrected chi connectivity index (χ0v) is 10.4. The summed E-state index contributed by atoms with van der Waals surface area (Å²) in [5.74, 6) is 0.838. The first kappa shape index (κ1) is 12.0. The third kappa shape index (κ3) is 2.66. The molecule has 0 fully saturated rings. The first-order chi connectivity index (χ1) is 9.81. The molecule has 0 atom stereocenters. The minimum absolute atomic E-state index is 0.121. The summed E-state index contributed by atoms with van der Waals surface area (Å²) in [6, 6.07) is 3.57. The molecule has 3 N–H and O–H groups in total. The third-order valence-corrected chi connectivity index (χ3v) is 2.42. The van der Waals surface area contributed by atoms with Crippen LogP contribution in [0.5, 0.6) is 0 Å². The summed E-state index contributed by atoms with van der Waals surface area (Å²) in [4.78, 5) is 20.2.